The van der Waals surface area contributed by atoms with Crippen LogP contribution in [0.25, 0.3) is 0 Å². The number of amides is 8. The van der Waals surface area contributed by atoms with Gasteiger partial charge in [0.2, 0.25) is 47.3 Å². The van der Waals surface area contributed by atoms with Gasteiger partial charge in [0.1, 0.15) is 47.5 Å². The highest BCUT2D eigenvalue weighted by molar-refractivity contribution is 5.98. The van der Waals surface area contributed by atoms with Crippen molar-refractivity contribution < 1.29 is 112 Å². The molecule has 14 N–H and O–H groups in total. The van der Waals surface area contributed by atoms with Gasteiger partial charge in [-0.15, -0.1) is 5.10 Å². The number of unbranched alkanes of at least 4 members (excludes halogenated alkanes) is 1. The maximum absolute atomic E-state index is 14.4. The molecule has 3 aliphatic rings. The third kappa shape index (κ3) is 28.8. The molecule has 588 valence electrons. The number of aryl methyl sites for hydroxylation is 1. The summed E-state index contributed by atoms with van der Waals surface area (Å²) in [7, 11) is 0. The number of aliphatic carboxylic acids is 4. The first-order valence-electron chi connectivity index (χ1n) is 36.4. The van der Waals surface area contributed by atoms with E-state index in [0.29, 0.717) is 69.3 Å². The molecule has 5 rings (SSSR count). The van der Waals surface area contributed by atoms with Crippen molar-refractivity contribution in [3.8, 4) is 5.75 Å². The van der Waals surface area contributed by atoms with Crippen molar-refractivity contribution >= 4 is 88.5 Å². The van der Waals surface area contributed by atoms with Crippen molar-refractivity contribution in [2.24, 2.45) is 35.3 Å². The summed E-state index contributed by atoms with van der Waals surface area (Å²) in [5.74, 6) is -16.3. The number of nitrogens with zero attached hydrogens (tertiary/aromatic N) is 6. The summed E-state index contributed by atoms with van der Waals surface area (Å²) in [6, 6.07) is -2.37. The molecular weight excluding hydrogens is 1390 g/mol. The highest BCUT2D eigenvalue weighted by Crippen LogP contribution is 2.31. The predicted molar refractivity (Wildman–Crippen MR) is 374 cm³/mol. The summed E-state index contributed by atoms with van der Waals surface area (Å²) in [4.78, 5) is 201. The quantitative estimate of drug-likeness (QED) is 0.0381. The summed E-state index contributed by atoms with van der Waals surface area (Å²) in [6.07, 6.45) is 2.67. The van der Waals surface area contributed by atoms with E-state index in [9.17, 15) is 103 Å². The van der Waals surface area contributed by atoms with Crippen molar-refractivity contribution in [2.45, 2.75) is 217 Å². The lowest BCUT2D eigenvalue weighted by atomic mass is 9.92. The number of aliphatic hydroxyl groups excluding tert-OH is 2. The largest absolute Gasteiger partial charge is 0.508 e. The van der Waals surface area contributed by atoms with Crippen LogP contribution in [0.2, 0.25) is 0 Å². The third-order valence-corrected chi connectivity index (χ3v) is 19.2. The number of carboxylic acids is 4. The smallest absolute Gasteiger partial charge is 0.326 e. The maximum Gasteiger partial charge on any atom is 0.326 e. The molecule has 3 aliphatic heterocycles. The molecule has 3 fully saturated rings. The highest BCUT2D eigenvalue weighted by Gasteiger charge is 2.45. The minimum atomic E-state index is -1.64. The lowest BCUT2D eigenvalue weighted by Gasteiger charge is -2.33. The molecule has 2 aromatic rings. The Morgan fingerprint density at radius 2 is 1.22 bits per heavy atom. The van der Waals surface area contributed by atoms with Gasteiger partial charge >= 0.3 is 23.9 Å². The van der Waals surface area contributed by atoms with Gasteiger partial charge < -0.3 is 92.3 Å². The number of carbonyl (C=O) groups is 15. The van der Waals surface area contributed by atoms with Gasteiger partial charge in [-0.25, -0.2) is 9.48 Å². The van der Waals surface area contributed by atoms with E-state index in [0.717, 1.165) is 0 Å². The van der Waals surface area contributed by atoms with Gasteiger partial charge in [-0.2, -0.15) is 0 Å². The summed E-state index contributed by atoms with van der Waals surface area (Å²) >= 11 is 0. The van der Waals surface area contributed by atoms with Crippen LogP contribution in [0.3, 0.4) is 0 Å². The number of carboxylic acid groups (broad SMARTS) is 4. The number of phenolic OH excluding ortho intramolecular Hbond substituents is 1. The molecule has 35 nitrogen and oxygen atoms in total. The normalized spacial score (nSPS) is 18.0. The van der Waals surface area contributed by atoms with E-state index in [-0.39, 0.29) is 145 Å². The lowest BCUT2D eigenvalue weighted by Crippen LogP contribution is -2.57. The molecule has 3 saturated heterocycles. The van der Waals surface area contributed by atoms with Crippen LogP contribution in [0.15, 0.2) is 30.5 Å². The van der Waals surface area contributed by atoms with Gasteiger partial charge in [0, 0.05) is 94.7 Å². The van der Waals surface area contributed by atoms with Crippen LogP contribution in [0.1, 0.15) is 167 Å². The minimum Gasteiger partial charge on any atom is -0.508 e. The molecular formula is C71H106N12O23. The standard InChI is InChI=1S/C71H106N12O23/c1-42(2)33-54(75-65(98)48(34-43(3)86)35-44-13-19-51(87)20-14-44)67(100)76-55(38-62(94)95)66(99)73-26-31-106-32-30-80-39-49(78-79-80)17-21-52(88)36-46(9-4-5-25-72)68(101)81-27-6-10-50(81)18-15-47(40-84)64(97)77-56(41-85)69(102)83-29-8-12-58(83)70(103)82-28-7-11-57(82)59(89)37-45(16-23-60(90)91)63(96)74-53(71(104)105)22-24-61(92)93/h13-14,19-20,39,42,45-48,50,53-58,84-85,87H,4-12,15-18,21-38,40-41,72H2,1-3H3,(H,73,99)(H,74,96)(H,75,98)(H,76,100)(H,77,97)(H,90,91)(H,92,93)(H,94,95)(H,104,105)/t45-,46-,47+,48+,50+,53+,54-,55+,56-,57+,58+/m1/s1. The third-order valence-electron chi connectivity index (χ3n) is 19.2. The molecule has 11 atom stereocenters. The van der Waals surface area contributed by atoms with E-state index in [4.69, 9.17) is 15.6 Å². The number of nitrogens with one attached hydrogen (secondary N) is 5. The maximum atomic E-state index is 14.4. The summed E-state index contributed by atoms with van der Waals surface area (Å²) in [5, 5.41) is 89.1. The van der Waals surface area contributed by atoms with E-state index < -0.39 is 176 Å². The molecule has 106 heavy (non-hydrogen) atoms. The number of aliphatic hydroxyl groups is 2. The van der Waals surface area contributed by atoms with Crippen molar-refractivity contribution in [1.82, 2.24) is 56.3 Å². The molecule has 0 spiro atoms. The fourth-order valence-corrected chi connectivity index (χ4v) is 13.5. The number of carbonyl (C=O) groups excluding carboxylic acids is 11. The zero-order valence-corrected chi connectivity index (χ0v) is 60.6. The number of rotatable bonds is 50. The Morgan fingerprint density at radius 3 is 1.86 bits per heavy atom. The molecule has 0 unspecified atom stereocenters. The summed E-state index contributed by atoms with van der Waals surface area (Å²) < 4.78 is 7.17. The second kappa shape index (κ2) is 44.6. The van der Waals surface area contributed by atoms with Crippen LogP contribution in [0, 0.1) is 29.6 Å². The fraction of sp³-hybridized carbons (Fsp3) is 0.676. The van der Waals surface area contributed by atoms with Gasteiger partial charge in [0.15, 0.2) is 5.78 Å². The number of Topliss-reactive ketones (excluding diaryl/α,β-unsaturated/α-hetero) is 3. The molecule has 0 bridgehead atoms. The number of aromatic hydroxyl groups is 1. The van der Waals surface area contributed by atoms with E-state index in [1.807, 2.05) is 13.8 Å². The molecule has 0 radical (unpaired) electrons. The number of phenols is 1. The van der Waals surface area contributed by atoms with Crippen LogP contribution in [0.5, 0.6) is 5.75 Å². The van der Waals surface area contributed by atoms with Gasteiger partial charge in [-0.3, -0.25) is 62.3 Å². The van der Waals surface area contributed by atoms with Crippen LogP contribution >= 0.6 is 0 Å². The highest BCUT2D eigenvalue weighted by atomic mass is 16.5. The average molecular weight is 1500 g/mol. The fourth-order valence-electron chi connectivity index (χ4n) is 13.5. The Labute approximate surface area is 614 Å². The molecule has 35 heteroatoms. The monoisotopic (exact) mass is 1490 g/mol. The van der Waals surface area contributed by atoms with Crippen LogP contribution < -0.4 is 32.3 Å². The van der Waals surface area contributed by atoms with E-state index in [2.05, 4.69) is 36.9 Å². The van der Waals surface area contributed by atoms with Crippen molar-refractivity contribution in [2.75, 3.05) is 59.2 Å². The molecule has 8 amide bonds. The first kappa shape index (κ1) is 87.3. The number of ether oxygens (including phenoxy) is 1. The Morgan fingerprint density at radius 1 is 0.594 bits per heavy atom. The topological polar surface area (TPSA) is 533 Å². The van der Waals surface area contributed by atoms with Gasteiger partial charge in [0.25, 0.3) is 0 Å². The number of hydrogen-bond acceptors (Lipinski definition) is 22. The Kier molecular flexibility index (Phi) is 36.7. The van der Waals surface area contributed by atoms with Crippen LogP contribution in [-0.4, -0.2) is 255 Å². The van der Waals surface area contributed by atoms with Gasteiger partial charge in [-0.1, -0.05) is 37.6 Å². The first-order chi connectivity index (χ1) is 50.4. The number of nitrogens with two attached hydrogens (primary N) is 1. The molecule has 1 aromatic heterocycles. The van der Waals surface area contributed by atoms with Crippen LogP contribution in [-0.2, 0) is 96.0 Å². The Bertz CT molecular complexity index is 3350. The van der Waals surface area contributed by atoms with E-state index >= 15 is 0 Å². The molecule has 4 heterocycles. The SMILES string of the molecule is CC(=O)C[C@@H](Cc1ccc(O)cc1)C(=O)N[C@H](CC(C)C)C(=O)N[C@@H](CC(=O)O)C(=O)NCCOCCn1cc(CCC(=O)C[C@@H](CCCCN)C(=O)N2CCC[C@H]2CC[C@@H](CO)C(=O)N[C@H](CO)C(=O)N2CCC[C@H]2C(=O)N2CCC[C@H]2C(=O)C[C@@H](CCC(=O)O)C(=O)N[C@@H](CCC(=O)O)C(=O)O)nn1. The molecule has 1 aromatic carbocycles. The zero-order valence-electron chi connectivity index (χ0n) is 60.6. The summed E-state index contributed by atoms with van der Waals surface area (Å²) in [6.45, 7) is 4.52. The van der Waals surface area contributed by atoms with Crippen LogP contribution in [0.4, 0.5) is 0 Å². The zero-order chi connectivity index (χ0) is 78.2. The molecule has 0 saturated carbocycles. The molecule has 0 aliphatic carbocycles. The lowest BCUT2D eigenvalue weighted by molar-refractivity contribution is -0.148. The van der Waals surface area contributed by atoms with Gasteiger partial charge in [-0.05, 0) is 133 Å². The number of benzene rings is 1. The van der Waals surface area contributed by atoms with E-state index in [1.54, 1.807) is 23.2 Å². The second-order valence-corrected chi connectivity index (χ2v) is 28.0. The predicted octanol–water partition coefficient (Wildman–Crippen LogP) is -0.205. The van der Waals surface area contributed by atoms with E-state index in [1.165, 1.54) is 33.5 Å². The first-order valence-corrected chi connectivity index (χ1v) is 36.4. The number of aromatic nitrogens is 3. The van der Waals surface area contributed by atoms with Gasteiger partial charge in [0.05, 0.1) is 57.0 Å². The number of ketones is 3. The number of likely N-dealkylation sites (tertiary alicyclic amines) is 3. The van der Waals surface area contributed by atoms with Crippen molar-refractivity contribution in [1.29, 1.82) is 0 Å². The number of hydrogen-bond donors (Lipinski definition) is 13. The average Bonchev–Trinajstić information content (AvgIpc) is 1.64. The van der Waals surface area contributed by atoms with Crippen molar-refractivity contribution in [3.05, 3.63) is 41.7 Å². The van der Waals surface area contributed by atoms with Crippen molar-refractivity contribution in [3.63, 3.8) is 0 Å². The second-order valence-electron chi connectivity index (χ2n) is 28.0. The Balaban J connectivity index is 1.08. The minimum absolute atomic E-state index is 0.0191. The summed E-state index contributed by atoms with van der Waals surface area (Å²) in [5.41, 5.74) is 6.97. The Hall–Kier alpha value is -9.35.